The zero-order valence-electron chi connectivity index (χ0n) is 19.0. The van der Waals surface area contributed by atoms with Crippen molar-refractivity contribution in [3.8, 4) is 12.3 Å². The molecule has 2 aromatic rings. The second-order valence-corrected chi connectivity index (χ2v) is 11.3. The van der Waals surface area contributed by atoms with Crippen molar-refractivity contribution in [2.75, 3.05) is 24.2 Å². The van der Waals surface area contributed by atoms with Gasteiger partial charge >= 0.3 is 6.18 Å². The molecule has 2 atom stereocenters. The van der Waals surface area contributed by atoms with Crippen LogP contribution in [0.1, 0.15) is 50.6 Å². The second kappa shape index (κ2) is 9.07. The van der Waals surface area contributed by atoms with E-state index in [-0.39, 0.29) is 43.5 Å². The normalized spacial score (nSPS) is 24.5. The van der Waals surface area contributed by atoms with Gasteiger partial charge in [-0.15, -0.1) is 6.42 Å². The summed E-state index contributed by atoms with van der Waals surface area (Å²) in [7, 11) is -4.43. The van der Waals surface area contributed by atoms with E-state index in [0.717, 1.165) is 10.7 Å². The number of aliphatic hydroxyl groups is 1. The standard InChI is InChI=1S/C22H26F3N5O4S/c1-3-14-11-15-12-26-20(28-18(15)30(19(14)31)17-5-4-8-21(17,2)32)27-16-6-9-29(10-7-16)35(33,34)13-22(23,24)25/h1,11-12,16-17,32H,4-10,13H2,2H3,(H,26,27,28)/t17-,21-/m1/s1. The Morgan fingerprint density at radius 2 is 2.00 bits per heavy atom. The van der Waals surface area contributed by atoms with E-state index in [9.17, 15) is 31.5 Å². The molecular weight excluding hydrogens is 487 g/mol. The van der Waals surface area contributed by atoms with Gasteiger partial charge in [0.15, 0.2) is 5.75 Å². The van der Waals surface area contributed by atoms with E-state index in [2.05, 4.69) is 21.2 Å². The van der Waals surface area contributed by atoms with E-state index in [1.54, 1.807) is 6.92 Å². The SMILES string of the molecule is C#Cc1cc2cnc(NC3CCN(S(=O)(=O)CC(F)(F)F)CC3)nc2n([C@@H]2CCC[C@@]2(C)O)c1=O. The summed E-state index contributed by atoms with van der Waals surface area (Å²) < 4.78 is 64.0. The number of rotatable bonds is 5. The number of fused-ring (bicyclic) bond motifs is 1. The van der Waals surface area contributed by atoms with E-state index < -0.39 is 39.2 Å². The first kappa shape index (κ1) is 25.4. The molecule has 2 aliphatic rings. The fourth-order valence-electron chi connectivity index (χ4n) is 4.88. The van der Waals surface area contributed by atoms with Gasteiger partial charge in [0.1, 0.15) is 5.65 Å². The first-order valence-corrected chi connectivity index (χ1v) is 12.8. The average Bonchev–Trinajstić information content (AvgIpc) is 3.10. The number of terminal acetylenes is 1. The molecular formula is C22H26F3N5O4S. The van der Waals surface area contributed by atoms with Gasteiger partial charge < -0.3 is 10.4 Å². The molecule has 0 bridgehead atoms. The van der Waals surface area contributed by atoms with Crippen molar-refractivity contribution in [1.29, 1.82) is 0 Å². The van der Waals surface area contributed by atoms with Crippen molar-refractivity contribution in [2.45, 2.75) is 62.9 Å². The number of hydrogen-bond acceptors (Lipinski definition) is 7. The highest BCUT2D eigenvalue weighted by Gasteiger charge is 2.41. The minimum atomic E-state index is -4.80. The molecule has 0 aromatic carbocycles. The molecule has 1 aliphatic carbocycles. The third kappa shape index (κ3) is 5.29. The van der Waals surface area contributed by atoms with Gasteiger partial charge in [-0.25, -0.2) is 17.7 Å². The Morgan fingerprint density at radius 3 is 2.57 bits per heavy atom. The Kier molecular flexibility index (Phi) is 6.58. The number of sulfonamides is 1. The summed E-state index contributed by atoms with van der Waals surface area (Å²) in [5.41, 5.74) is -1.10. The lowest BCUT2D eigenvalue weighted by molar-refractivity contribution is -0.107. The number of anilines is 1. The summed E-state index contributed by atoms with van der Waals surface area (Å²) >= 11 is 0. The summed E-state index contributed by atoms with van der Waals surface area (Å²) in [4.78, 5) is 21.9. The molecule has 1 saturated carbocycles. The molecule has 3 heterocycles. The monoisotopic (exact) mass is 513 g/mol. The smallest absolute Gasteiger partial charge is 0.388 e. The summed E-state index contributed by atoms with van der Waals surface area (Å²) in [6.07, 6.45) is 4.59. The van der Waals surface area contributed by atoms with Crippen LogP contribution in [0.2, 0.25) is 0 Å². The molecule has 2 aromatic heterocycles. The fraction of sp³-hybridized carbons (Fsp3) is 0.591. The van der Waals surface area contributed by atoms with Crippen LogP contribution in [0.15, 0.2) is 17.1 Å². The maximum absolute atomic E-state index is 13.1. The molecule has 0 unspecified atom stereocenters. The quantitative estimate of drug-likeness (QED) is 0.588. The van der Waals surface area contributed by atoms with Gasteiger partial charge in [-0.3, -0.25) is 9.36 Å². The van der Waals surface area contributed by atoms with Crippen LogP contribution in [0.4, 0.5) is 19.1 Å². The minimum absolute atomic E-state index is 0.0646. The van der Waals surface area contributed by atoms with Gasteiger partial charge in [-0.2, -0.15) is 18.2 Å². The molecule has 4 rings (SSSR count). The molecule has 0 radical (unpaired) electrons. The molecule has 2 fully saturated rings. The number of aromatic nitrogens is 3. The largest absolute Gasteiger partial charge is 0.404 e. The number of alkyl halides is 3. The summed E-state index contributed by atoms with van der Waals surface area (Å²) in [5, 5.41) is 14.5. The van der Waals surface area contributed by atoms with E-state index >= 15 is 0 Å². The van der Waals surface area contributed by atoms with Gasteiger partial charge in [0.05, 0.1) is 17.2 Å². The van der Waals surface area contributed by atoms with Crippen molar-refractivity contribution in [2.24, 2.45) is 0 Å². The van der Waals surface area contributed by atoms with Gasteiger partial charge in [0, 0.05) is 30.7 Å². The highest BCUT2D eigenvalue weighted by molar-refractivity contribution is 7.89. The lowest BCUT2D eigenvalue weighted by Crippen LogP contribution is -2.45. The van der Waals surface area contributed by atoms with E-state index in [1.165, 1.54) is 16.8 Å². The highest BCUT2D eigenvalue weighted by atomic mass is 32.2. The zero-order valence-corrected chi connectivity index (χ0v) is 19.9. The van der Waals surface area contributed by atoms with Crippen LogP contribution in [0, 0.1) is 12.3 Å². The number of halogens is 3. The molecule has 0 spiro atoms. The lowest BCUT2D eigenvalue weighted by atomic mass is 9.99. The van der Waals surface area contributed by atoms with E-state index in [4.69, 9.17) is 6.42 Å². The Bertz CT molecular complexity index is 1330. The number of piperidine rings is 1. The van der Waals surface area contributed by atoms with Crippen LogP contribution in [-0.4, -0.2) is 69.0 Å². The van der Waals surface area contributed by atoms with Gasteiger partial charge in [0.25, 0.3) is 5.56 Å². The molecule has 1 saturated heterocycles. The summed E-state index contributed by atoms with van der Waals surface area (Å²) in [6, 6.07) is 0.728. The first-order valence-electron chi connectivity index (χ1n) is 11.2. The third-order valence-electron chi connectivity index (χ3n) is 6.65. The maximum atomic E-state index is 13.1. The Labute approximate surface area is 200 Å². The van der Waals surface area contributed by atoms with Gasteiger partial charge in [0.2, 0.25) is 16.0 Å². The predicted molar refractivity (Wildman–Crippen MR) is 123 cm³/mol. The topological polar surface area (TPSA) is 117 Å². The predicted octanol–water partition coefficient (Wildman–Crippen LogP) is 2.02. The van der Waals surface area contributed by atoms with Gasteiger partial charge in [-0.05, 0) is 45.1 Å². The number of nitrogens with one attached hydrogen (secondary N) is 1. The van der Waals surface area contributed by atoms with Crippen LogP contribution >= 0.6 is 0 Å². The van der Waals surface area contributed by atoms with Crippen molar-refractivity contribution in [3.05, 3.63) is 28.2 Å². The van der Waals surface area contributed by atoms with Crippen LogP contribution in [-0.2, 0) is 10.0 Å². The number of nitrogens with zero attached hydrogens (tertiary/aromatic N) is 4. The van der Waals surface area contributed by atoms with Crippen molar-refractivity contribution in [3.63, 3.8) is 0 Å². The molecule has 190 valence electrons. The third-order valence-corrected chi connectivity index (χ3v) is 8.49. The molecule has 35 heavy (non-hydrogen) atoms. The summed E-state index contributed by atoms with van der Waals surface area (Å²) in [5.74, 6) is 0.686. The molecule has 1 aliphatic heterocycles. The molecule has 13 heteroatoms. The van der Waals surface area contributed by atoms with Gasteiger partial charge in [-0.1, -0.05) is 5.92 Å². The van der Waals surface area contributed by atoms with E-state index in [0.29, 0.717) is 23.9 Å². The van der Waals surface area contributed by atoms with Crippen LogP contribution in [0.5, 0.6) is 0 Å². The number of hydrogen-bond donors (Lipinski definition) is 2. The van der Waals surface area contributed by atoms with Crippen molar-refractivity contribution in [1.82, 2.24) is 18.8 Å². The highest BCUT2D eigenvalue weighted by Crippen LogP contribution is 2.39. The van der Waals surface area contributed by atoms with Crippen LogP contribution < -0.4 is 10.9 Å². The fourth-order valence-corrected chi connectivity index (χ4v) is 6.24. The lowest BCUT2D eigenvalue weighted by Gasteiger charge is -2.32. The van der Waals surface area contributed by atoms with Crippen molar-refractivity contribution < 1.29 is 26.7 Å². The van der Waals surface area contributed by atoms with E-state index in [1.807, 2.05) is 0 Å². The second-order valence-electron chi connectivity index (χ2n) is 9.30. The molecule has 2 N–H and O–H groups in total. The first-order chi connectivity index (χ1) is 16.3. The average molecular weight is 514 g/mol. The Hall–Kier alpha value is -2.69. The van der Waals surface area contributed by atoms with Crippen LogP contribution in [0.3, 0.4) is 0 Å². The minimum Gasteiger partial charge on any atom is -0.388 e. The number of pyridine rings is 1. The Morgan fingerprint density at radius 1 is 1.31 bits per heavy atom. The van der Waals surface area contributed by atoms with Crippen molar-refractivity contribution >= 4 is 27.0 Å². The van der Waals surface area contributed by atoms with Crippen LogP contribution in [0.25, 0.3) is 11.0 Å². The maximum Gasteiger partial charge on any atom is 0.404 e. The summed E-state index contributed by atoms with van der Waals surface area (Å²) in [6.45, 7) is 1.54. The Balaban J connectivity index is 1.58. The molecule has 0 amide bonds. The molecule has 9 nitrogen and oxygen atoms in total. The zero-order chi connectivity index (χ0) is 25.6.